The highest BCUT2D eigenvalue weighted by molar-refractivity contribution is 7.90. The smallest absolute Gasteiger partial charge is 0.285 e. The summed E-state index contributed by atoms with van der Waals surface area (Å²) >= 11 is 6.79. The zero-order chi connectivity index (χ0) is 18.9. The number of aromatic nitrogens is 1. The summed E-state index contributed by atoms with van der Waals surface area (Å²) in [5.74, 6) is 2.44. The quantitative estimate of drug-likeness (QED) is 0.377. The number of fused-ring (bicyclic) bond motifs is 1. The van der Waals surface area contributed by atoms with E-state index >= 15 is 0 Å². The van der Waals surface area contributed by atoms with Crippen molar-refractivity contribution < 1.29 is 13.3 Å². The lowest BCUT2D eigenvalue weighted by Crippen LogP contribution is -2.16. The molecule has 0 bridgehead atoms. The third kappa shape index (κ3) is 3.48. The molecule has 1 aromatic heterocycles. The predicted molar refractivity (Wildman–Crippen MR) is 99.5 cm³/mol. The van der Waals surface area contributed by atoms with Gasteiger partial charge in [0.15, 0.2) is 0 Å². The summed E-state index contributed by atoms with van der Waals surface area (Å²) in [6.45, 7) is 0.0762. The van der Waals surface area contributed by atoms with Crippen LogP contribution in [-0.4, -0.2) is 17.9 Å². The van der Waals surface area contributed by atoms with Gasteiger partial charge in [0.25, 0.3) is 15.7 Å². The molecule has 2 aromatic carbocycles. The van der Waals surface area contributed by atoms with Gasteiger partial charge < -0.3 is 4.57 Å². The average Bonchev–Trinajstić information content (AvgIpc) is 2.91. The highest BCUT2D eigenvalue weighted by atomic mass is 35.5. The summed E-state index contributed by atoms with van der Waals surface area (Å²) in [5.41, 5.74) is 0.474. The van der Waals surface area contributed by atoms with E-state index in [1.165, 1.54) is 47.0 Å². The number of rotatable bonds is 4. The first-order valence-electron chi connectivity index (χ1n) is 7.09. The van der Waals surface area contributed by atoms with Crippen LogP contribution in [0.3, 0.4) is 0 Å². The van der Waals surface area contributed by atoms with Crippen LogP contribution >= 0.6 is 22.9 Å². The van der Waals surface area contributed by atoms with E-state index in [1.807, 2.05) is 0 Å². The second-order valence-electron chi connectivity index (χ2n) is 5.10. The Bertz CT molecular complexity index is 1220. The number of halogens is 1. The number of benzene rings is 2. The van der Waals surface area contributed by atoms with Crippen molar-refractivity contribution in [3.63, 3.8) is 0 Å². The van der Waals surface area contributed by atoms with Crippen LogP contribution in [0.5, 0.6) is 0 Å². The Morgan fingerprint density at radius 3 is 2.58 bits per heavy atom. The maximum absolute atomic E-state index is 12.5. The number of nitro groups is 1. The molecule has 7 nitrogen and oxygen atoms in total. The molecule has 26 heavy (non-hydrogen) atoms. The van der Waals surface area contributed by atoms with E-state index in [-0.39, 0.29) is 21.9 Å². The van der Waals surface area contributed by atoms with E-state index in [2.05, 4.69) is 10.3 Å². The molecule has 0 aliphatic carbocycles. The molecule has 0 N–H and O–H groups in total. The minimum atomic E-state index is -3.99. The molecule has 132 valence electrons. The van der Waals surface area contributed by atoms with Crippen LogP contribution in [0.2, 0.25) is 5.02 Å². The summed E-state index contributed by atoms with van der Waals surface area (Å²) in [7, 11) is -3.99. The first-order chi connectivity index (χ1) is 12.3. The van der Waals surface area contributed by atoms with Gasteiger partial charge in [0.2, 0.25) is 4.80 Å². The van der Waals surface area contributed by atoms with Crippen LogP contribution in [0.1, 0.15) is 0 Å². The van der Waals surface area contributed by atoms with Crippen molar-refractivity contribution >= 4 is 48.9 Å². The molecule has 0 aliphatic rings. The normalized spacial score (nSPS) is 12.2. The van der Waals surface area contributed by atoms with Crippen LogP contribution in [0.4, 0.5) is 5.69 Å². The van der Waals surface area contributed by atoms with Crippen molar-refractivity contribution in [1.82, 2.24) is 4.57 Å². The molecule has 3 aromatic rings. The Morgan fingerprint density at radius 1 is 1.27 bits per heavy atom. The molecule has 3 rings (SSSR count). The van der Waals surface area contributed by atoms with Crippen molar-refractivity contribution in [3.8, 4) is 12.3 Å². The number of thiazole rings is 1. The third-order valence-corrected chi connectivity index (χ3v) is 6.13. The molecular weight excluding hydrogens is 398 g/mol. The van der Waals surface area contributed by atoms with Crippen LogP contribution < -0.4 is 4.80 Å². The van der Waals surface area contributed by atoms with E-state index in [4.69, 9.17) is 18.0 Å². The van der Waals surface area contributed by atoms with Crippen molar-refractivity contribution in [2.24, 2.45) is 4.40 Å². The van der Waals surface area contributed by atoms with E-state index in [0.29, 0.717) is 15.2 Å². The molecule has 0 saturated carbocycles. The summed E-state index contributed by atoms with van der Waals surface area (Å²) in [5, 5.41) is 11.3. The highest BCUT2D eigenvalue weighted by Gasteiger charge is 2.16. The van der Waals surface area contributed by atoms with Gasteiger partial charge in [-0.1, -0.05) is 28.9 Å². The Hall–Kier alpha value is -2.67. The Kier molecular flexibility index (Phi) is 4.82. The van der Waals surface area contributed by atoms with Crippen LogP contribution in [0.25, 0.3) is 10.2 Å². The molecule has 10 heteroatoms. The standard InChI is InChI=1S/C16H10ClN3O4S2/c1-2-9-19-14-8-5-12(20(21)22)10-15(14)25-16(19)18-26(23,24)13-6-3-11(17)4-7-13/h1,3-8,10H,9H2/b18-16-. The Morgan fingerprint density at radius 2 is 1.96 bits per heavy atom. The minimum absolute atomic E-state index is 0.0161. The summed E-state index contributed by atoms with van der Waals surface area (Å²) in [6.07, 6.45) is 5.37. The lowest BCUT2D eigenvalue weighted by molar-refractivity contribution is -0.384. The summed E-state index contributed by atoms with van der Waals surface area (Å²) in [6, 6.07) is 9.83. The number of hydrogen-bond donors (Lipinski definition) is 0. The van der Waals surface area contributed by atoms with Crippen molar-refractivity contribution in [2.45, 2.75) is 11.4 Å². The lowest BCUT2D eigenvalue weighted by Gasteiger charge is -2.01. The number of hydrogen-bond acceptors (Lipinski definition) is 5. The molecule has 0 radical (unpaired) electrons. The Balaban J connectivity index is 2.24. The van der Waals surface area contributed by atoms with Gasteiger partial charge in [-0.2, -0.15) is 8.42 Å². The first kappa shape index (κ1) is 18.1. The van der Waals surface area contributed by atoms with Crippen molar-refractivity contribution in [2.75, 3.05) is 0 Å². The lowest BCUT2D eigenvalue weighted by atomic mass is 10.3. The number of sulfonamides is 1. The number of nitro benzene ring substituents is 1. The zero-order valence-corrected chi connectivity index (χ0v) is 15.4. The van der Waals surface area contributed by atoms with E-state index in [0.717, 1.165) is 11.3 Å². The van der Waals surface area contributed by atoms with Gasteiger partial charge in [0, 0.05) is 17.2 Å². The predicted octanol–water partition coefficient (Wildman–Crippen LogP) is 3.19. The van der Waals surface area contributed by atoms with Gasteiger partial charge in [-0.15, -0.1) is 10.8 Å². The second kappa shape index (κ2) is 6.92. The maximum Gasteiger partial charge on any atom is 0.285 e. The molecule has 0 unspecified atom stereocenters. The molecule has 1 heterocycles. The van der Waals surface area contributed by atoms with Gasteiger partial charge in [-0.3, -0.25) is 10.1 Å². The number of nitrogens with zero attached hydrogens (tertiary/aromatic N) is 3. The molecule has 0 amide bonds. The van der Waals surface area contributed by atoms with Gasteiger partial charge in [0.05, 0.1) is 26.6 Å². The molecule has 0 aliphatic heterocycles. The molecular formula is C16H10ClN3O4S2. The Labute approximate surface area is 157 Å². The maximum atomic E-state index is 12.5. The largest absolute Gasteiger partial charge is 0.304 e. The highest BCUT2D eigenvalue weighted by Crippen LogP contribution is 2.24. The monoisotopic (exact) mass is 407 g/mol. The molecule has 0 spiro atoms. The van der Waals surface area contributed by atoms with Gasteiger partial charge in [0.1, 0.15) is 0 Å². The number of terminal acetylenes is 1. The average molecular weight is 408 g/mol. The van der Waals surface area contributed by atoms with Crippen molar-refractivity contribution in [1.29, 1.82) is 0 Å². The van der Waals surface area contributed by atoms with Crippen LogP contribution in [0, 0.1) is 22.5 Å². The molecule has 0 fully saturated rings. The van der Waals surface area contributed by atoms with Gasteiger partial charge in [-0.05, 0) is 30.3 Å². The summed E-state index contributed by atoms with van der Waals surface area (Å²) in [4.78, 5) is 10.5. The fraction of sp³-hybridized carbons (Fsp3) is 0.0625. The minimum Gasteiger partial charge on any atom is -0.304 e. The molecule has 0 atom stereocenters. The fourth-order valence-electron chi connectivity index (χ4n) is 2.25. The third-order valence-electron chi connectivity index (χ3n) is 3.44. The second-order valence-corrected chi connectivity index (χ2v) is 8.15. The number of non-ortho nitro benzene ring substituents is 1. The first-order valence-corrected chi connectivity index (χ1v) is 9.73. The zero-order valence-electron chi connectivity index (χ0n) is 13.0. The fourth-order valence-corrected chi connectivity index (χ4v) is 4.64. The van der Waals surface area contributed by atoms with Crippen LogP contribution in [-0.2, 0) is 16.6 Å². The summed E-state index contributed by atoms with van der Waals surface area (Å²) < 4.78 is 31.0. The van der Waals surface area contributed by atoms with E-state index in [1.54, 1.807) is 0 Å². The van der Waals surface area contributed by atoms with E-state index in [9.17, 15) is 18.5 Å². The molecule has 0 saturated heterocycles. The topological polar surface area (TPSA) is 94.6 Å². The van der Waals surface area contributed by atoms with Gasteiger partial charge >= 0.3 is 0 Å². The van der Waals surface area contributed by atoms with E-state index < -0.39 is 14.9 Å². The van der Waals surface area contributed by atoms with Crippen LogP contribution in [0.15, 0.2) is 51.8 Å². The SMILES string of the molecule is C#CCn1/c(=N/S(=O)(=O)c2ccc(Cl)cc2)sc2cc([N+](=O)[O-])ccc21. The van der Waals surface area contributed by atoms with Crippen molar-refractivity contribution in [3.05, 3.63) is 62.4 Å². The van der Waals surface area contributed by atoms with Gasteiger partial charge in [-0.25, -0.2) is 0 Å².